The summed E-state index contributed by atoms with van der Waals surface area (Å²) in [7, 11) is 1.52. The van der Waals surface area contributed by atoms with Crippen molar-refractivity contribution < 1.29 is 4.74 Å². The number of hydrogen-bond acceptors (Lipinski definition) is 2. The lowest BCUT2D eigenvalue weighted by atomic mass is 10.3. The van der Waals surface area contributed by atoms with E-state index in [0.29, 0.717) is 16.8 Å². The van der Waals surface area contributed by atoms with Gasteiger partial charge in [0.2, 0.25) is 5.88 Å². The average molecular weight is 192 g/mol. The molecule has 0 radical (unpaired) electrons. The highest BCUT2D eigenvalue weighted by molar-refractivity contribution is 6.32. The topological polar surface area (TPSA) is 22.1 Å². The summed E-state index contributed by atoms with van der Waals surface area (Å²) < 4.78 is 4.86. The summed E-state index contributed by atoms with van der Waals surface area (Å²) in [6, 6.07) is 1.74. The SMILES string of the molecule is COc1ncc(CCl)cc1Cl. The maximum Gasteiger partial charge on any atom is 0.232 e. The Morgan fingerprint density at radius 3 is 2.82 bits per heavy atom. The van der Waals surface area contributed by atoms with Gasteiger partial charge in [0.05, 0.1) is 7.11 Å². The van der Waals surface area contributed by atoms with Gasteiger partial charge in [0.1, 0.15) is 5.02 Å². The van der Waals surface area contributed by atoms with Crippen LogP contribution in [0.15, 0.2) is 12.3 Å². The van der Waals surface area contributed by atoms with Gasteiger partial charge in [0, 0.05) is 12.1 Å². The van der Waals surface area contributed by atoms with Crippen molar-refractivity contribution in [1.29, 1.82) is 0 Å². The Kier molecular flexibility index (Phi) is 2.97. The van der Waals surface area contributed by atoms with Crippen molar-refractivity contribution in [3.8, 4) is 5.88 Å². The highest BCUT2D eigenvalue weighted by atomic mass is 35.5. The van der Waals surface area contributed by atoms with E-state index in [0.717, 1.165) is 5.56 Å². The highest BCUT2D eigenvalue weighted by Crippen LogP contribution is 2.22. The summed E-state index contributed by atoms with van der Waals surface area (Å²) in [5.74, 6) is 0.844. The zero-order valence-corrected chi connectivity index (χ0v) is 7.49. The monoisotopic (exact) mass is 191 g/mol. The van der Waals surface area contributed by atoms with Gasteiger partial charge in [-0.3, -0.25) is 0 Å². The van der Waals surface area contributed by atoms with E-state index in [-0.39, 0.29) is 0 Å². The molecule has 0 aliphatic carbocycles. The normalized spacial score (nSPS) is 9.73. The molecule has 11 heavy (non-hydrogen) atoms. The largest absolute Gasteiger partial charge is 0.480 e. The third-order valence-corrected chi connectivity index (χ3v) is 1.79. The van der Waals surface area contributed by atoms with Crippen molar-refractivity contribution in [2.75, 3.05) is 7.11 Å². The molecule has 0 saturated heterocycles. The minimum absolute atomic E-state index is 0.413. The van der Waals surface area contributed by atoms with Crippen molar-refractivity contribution in [2.24, 2.45) is 0 Å². The first-order valence-corrected chi connectivity index (χ1v) is 3.93. The fraction of sp³-hybridized carbons (Fsp3) is 0.286. The Morgan fingerprint density at radius 1 is 1.64 bits per heavy atom. The van der Waals surface area contributed by atoms with Gasteiger partial charge in [-0.2, -0.15) is 0 Å². The van der Waals surface area contributed by atoms with Crippen molar-refractivity contribution in [3.05, 3.63) is 22.8 Å². The lowest BCUT2D eigenvalue weighted by Gasteiger charge is -2.01. The molecule has 1 aromatic heterocycles. The molecule has 1 aromatic rings. The predicted octanol–water partition coefficient (Wildman–Crippen LogP) is 2.48. The Bertz CT molecular complexity index is 252. The standard InChI is InChI=1S/C7H7Cl2NO/c1-11-7-6(9)2-5(3-8)4-10-7/h2,4H,3H2,1H3. The predicted molar refractivity (Wildman–Crippen MR) is 45.4 cm³/mol. The molecule has 0 unspecified atom stereocenters. The molecule has 0 atom stereocenters. The number of nitrogens with zero attached hydrogens (tertiary/aromatic N) is 1. The number of methoxy groups -OCH3 is 1. The van der Waals surface area contributed by atoms with Gasteiger partial charge in [-0.05, 0) is 11.6 Å². The Morgan fingerprint density at radius 2 is 2.36 bits per heavy atom. The van der Waals surface area contributed by atoms with E-state index in [4.69, 9.17) is 27.9 Å². The average Bonchev–Trinajstić information content (AvgIpc) is 2.04. The van der Waals surface area contributed by atoms with E-state index < -0.39 is 0 Å². The van der Waals surface area contributed by atoms with E-state index in [2.05, 4.69) is 4.98 Å². The molecule has 2 nitrogen and oxygen atoms in total. The number of hydrogen-bond donors (Lipinski definition) is 0. The first-order valence-electron chi connectivity index (χ1n) is 3.02. The van der Waals surface area contributed by atoms with Crippen LogP contribution in [0.4, 0.5) is 0 Å². The van der Waals surface area contributed by atoms with E-state index in [1.165, 1.54) is 7.11 Å². The highest BCUT2D eigenvalue weighted by Gasteiger charge is 2.01. The van der Waals surface area contributed by atoms with Crippen LogP contribution in [0.5, 0.6) is 5.88 Å². The molecule has 0 spiro atoms. The second-order valence-corrected chi connectivity index (χ2v) is 2.64. The molecule has 1 rings (SSSR count). The number of ether oxygens (including phenoxy) is 1. The molecule has 0 saturated carbocycles. The lowest BCUT2D eigenvalue weighted by molar-refractivity contribution is 0.398. The number of aromatic nitrogens is 1. The smallest absolute Gasteiger partial charge is 0.232 e. The van der Waals surface area contributed by atoms with Gasteiger partial charge in [0.25, 0.3) is 0 Å². The third kappa shape index (κ3) is 1.98. The summed E-state index contributed by atoms with van der Waals surface area (Å²) in [4.78, 5) is 3.93. The van der Waals surface area contributed by atoms with Crippen LogP contribution in [0.1, 0.15) is 5.56 Å². The molecule has 0 amide bonds. The second kappa shape index (κ2) is 3.79. The summed E-state index contributed by atoms with van der Waals surface area (Å²) >= 11 is 11.3. The molecule has 0 aliphatic heterocycles. The van der Waals surface area contributed by atoms with Crippen molar-refractivity contribution in [2.45, 2.75) is 5.88 Å². The van der Waals surface area contributed by atoms with Gasteiger partial charge in [0.15, 0.2) is 0 Å². The van der Waals surface area contributed by atoms with Gasteiger partial charge >= 0.3 is 0 Å². The van der Waals surface area contributed by atoms with Gasteiger partial charge < -0.3 is 4.74 Å². The van der Waals surface area contributed by atoms with E-state index in [1.54, 1.807) is 12.3 Å². The molecule has 0 N–H and O–H groups in total. The molecule has 0 fully saturated rings. The zero-order valence-electron chi connectivity index (χ0n) is 5.97. The molecule has 0 bridgehead atoms. The van der Waals surface area contributed by atoms with Gasteiger partial charge in [-0.25, -0.2) is 4.98 Å². The maximum atomic E-state index is 5.76. The molecule has 0 aliphatic rings. The fourth-order valence-electron chi connectivity index (χ4n) is 0.688. The van der Waals surface area contributed by atoms with E-state index in [9.17, 15) is 0 Å². The minimum Gasteiger partial charge on any atom is -0.480 e. The van der Waals surface area contributed by atoms with Crippen LogP contribution in [0.2, 0.25) is 5.02 Å². The van der Waals surface area contributed by atoms with Gasteiger partial charge in [-0.1, -0.05) is 11.6 Å². The summed E-state index contributed by atoms with van der Waals surface area (Å²) in [5.41, 5.74) is 0.887. The zero-order chi connectivity index (χ0) is 8.27. The van der Waals surface area contributed by atoms with E-state index in [1.807, 2.05) is 0 Å². The van der Waals surface area contributed by atoms with Crippen molar-refractivity contribution in [3.63, 3.8) is 0 Å². The first-order chi connectivity index (χ1) is 5.27. The quantitative estimate of drug-likeness (QED) is 0.671. The number of halogens is 2. The van der Waals surface area contributed by atoms with Gasteiger partial charge in [-0.15, -0.1) is 11.6 Å². The summed E-state index contributed by atoms with van der Waals surface area (Å²) in [6.45, 7) is 0. The van der Waals surface area contributed by atoms with Crippen LogP contribution in [0.25, 0.3) is 0 Å². The number of rotatable bonds is 2. The first kappa shape index (κ1) is 8.62. The van der Waals surface area contributed by atoms with Crippen molar-refractivity contribution in [1.82, 2.24) is 4.98 Å². The van der Waals surface area contributed by atoms with Crippen LogP contribution in [0.3, 0.4) is 0 Å². The van der Waals surface area contributed by atoms with Crippen LogP contribution in [-0.2, 0) is 5.88 Å². The molecule has 4 heteroatoms. The second-order valence-electron chi connectivity index (χ2n) is 1.97. The fourth-order valence-corrected chi connectivity index (χ4v) is 1.10. The summed E-state index contributed by atoms with van der Waals surface area (Å²) in [6.07, 6.45) is 1.64. The Hall–Kier alpha value is -0.470. The number of alkyl halides is 1. The van der Waals surface area contributed by atoms with Crippen LogP contribution < -0.4 is 4.74 Å². The minimum atomic E-state index is 0.413. The van der Waals surface area contributed by atoms with Crippen molar-refractivity contribution >= 4 is 23.2 Å². The van der Waals surface area contributed by atoms with Crippen LogP contribution in [0, 0.1) is 0 Å². The molecule has 60 valence electrons. The van der Waals surface area contributed by atoms with Crippen LogP contribution >= 0.6 is 23.2 Å². The Balaban J connectivity index is 2.99. The van der Waals surface area contributed by atoms with E-state index >= 15 is 0 Å². The number of pyridine rings is 1. The maximum absolute atomic E-state index is 5.76. The van der Waals surface area contributed by atoms with Crippen LogP contribution in [-0.4, -0.2) is 12.1 Å². The molecule has 1 heterocycles. The lowest BCUT2D eigenvalue weighted by Crippen LogP contribution is -1.89. The molecule has 0 aromatic carbocycles. The Labute approximate surface area is 75.1 Å². The summed E-state index contributed by atoms with van der Waals surface area (Å²) in [5, 5.41) is 0.491. The third-order valence-electron chi connectivity index (χ3n) is 1.21. The molecular weight excluding hydrogens is 185 g/mol. The molecular formula is C7H7Cl2NO.